The first kappa shape index (κ1) is 26.8. The highest BCUT2D eigenvalue weighted by atomic mass is 19.3. The Morgan fingerprint density at radius 2 is 1.82 bits per heavy atom. The molecule has 0 spiro atoms. The molecule has 11 nitrogen and oxygen atoms in total. The maximum absolute atomic E-state index is 13.5. The van der Waals surface area contributed by atoms with Gasteiger partial charge in [-0.3, -0.25) is 4.57 Å². The number of carboxylic acids is 1. The van der Waals surface area contributed by atoms with E-state index in [1.165, 1.54) is 12.3 Å². The van der Waals surface area contributed by atoms with E-state index in [-0.39, 0.29) is 30.5 Å². The molecule has 0 aliphatic rings. The number of carboxylic acid groups (broad SMARTS) is 1. The van der Waals surface area contributed by atoms with Crippen molar-refractivity contribution in [1.29, 1.82) is 0 Å². The molecule has 208 valence electrons. The van der Waals surface area contributed by atoms with Crippen molar-refractivity contribution in [2.45, 2.75) is 41.2 Å². The van der Waals surface area contributed by atoms with Crippen molar-refractivity contribution < 1.29 is 32.7 Å². The molecule has 5 heterocycles. The smallest absolute Gasteiger partial charge is 0.354 e. The number of halogens is 2. The first-order chi connectivity index (χ1) is 19.1. The molecular formula is C27H26F2N6O5. The van der Waals surface area contributed by atoms with Crippen LogP contribution in [-0.4, -0.2) is 53.8 Å². The zero-order chi connectivity index (χ0) is 28.7. The van der Waals surface area contributed by atoms with Gasteiger partial charge in [0.25, 0.3) is 0 Å². The molecule has 1 N–H and O–H groups in total. The van der Waals surface area contributed by atoms with Crippen molar-refractivity contribution in [2.75, 3.05) is 13.2 Å². The lowest BCUT2D eigenvalue weighted by Gasteiger charge is -2.15. The van der Waals surface area contributed by atoms with Crippen LogP contribution in [0.5, 0.6) is 11.6 Å². The number of aromatic carboxylic acids is 1. The number of hydrogen-bond acceptors (Lipinski definition) is 8. The minimum absolute atomic E-state index is 0.0487. The second-order valence-corrected chi connectivity index (χ2v) is 8.92. The first-order valence-corrected chi connectivity index (χ1v) is 12.5. The third-order valence-electron chi connectivity index (χ3n) is 6.33. The second-order valence-electron chi connectivity index (χ2n) is 8.92. The van der Waals surface area contributed by atoms with Gasteiger partial charge < -0.3 is 19.1 Å². The summed E-state index contributed by atoms with van der Waals surface area (Å²) < 4.78 is 46.3. The molecule has 0 radical (unpaired) electrons. The SMILES string of the molecule is CCOc1cc(C(=O)O)nc(OCC)c1-c1cn(-c2cn(C(F)F)nc2C)c2ncc(-c3c(C)noc3C)cc12. The van der Waals surface area contributed by atoms with Crippen LogP contribution >= 0.6 is 0 Å². The molecule has 0 saturated heterocycles. The lowest BCUT2D eigenvalue weighted by Crippen LogP contribution is -2.07. The van der Waals surface area contributed by atoms with Gasteiger partial charge in [0.05, 0.1) is 42.0 Å². The molecule has 0 saturated carbocycles. The van der Waals surface area contributed by atoms with Gasteiger partial charge in [-0.05, 0) is 40.7 Å². The lowest BCUT2D eigenvalue weighted by molar-refractivity contribution is 0.0562. The predicted molar refractivity (Wildman–Crippen MR) is 140 cm³/mol. The van der Waals surface area contributed by atoms with Crippen LogP contribution in [0, 0.1) is 20.8 Å². The molecule has 0 aliphatic heterocycles. The Kier molecular flexibility index (Phi) is 6.96. The van der Waals surface area contributed by atoms with Crippen molar-refractivity contribution in [3.8, 4) is 39.6 Å². The fourth-order valence-corrected chi connectivity index (χ4v) is 4.70. The van der Waals surface area contributed by atoms with Crippen LogP contribution < -0.4 is 9.47 Å². The summed E-state index contributed by atoms with van der Waals surface area (Å²) in [6, 6.07) is 3.21. The topological polar surface area (TPSA) is 130 Å². The van der Waals surface area contributed by atoms with Crippen LogP contribution in [-0.2, 0) is 0 Å². The molecule has 5 aromatic heterocycles. The minimum atomic E-state index is -2.82. The number of pyridine rings is 2. The highest BCUT2D eigenvalue weighted by Gasteiger charge is 2.26. The summed E-state index contributed by atoms with van der Waals surface area (Å²) in [5.41, 5.74) is 4.03. The number of aromatic nitrogens is 6. The predicted octanol–water partition coefficient (Wildman–Crippen LogP) is 5.75. The Balaban J connectivity index is 1.87. The van der Waals surface area contributed by atoms with Crippen molar-refractivity contribution in [3.63, 3.8) is 0 Å². The number of carbonyl (C=O) groups is 1. The maximum atomic E-state index is 13.5. The highest BCUT2D eigenvalue weighted by molar-refractivity contribution is 6.01. The maximum Gasteiger partial charge on any atom is 0.354 e. The van der Waals surface area contributed by atoms with Gasteiger partial charge in [0.15, 0.2) is 5.69 Å². The Morgan fingerprint density at radius 1 is 1.07 bits per heavy atom. The summed E-state index contributed by atoms with van der Waals surface area (Å²) in [5, 5.41) is 18.3. The average molecular weight is 553 g/mol. The molecular weight excluding hydrogens is 526 g/mol. The number of alkyl halides is 2. The minimum Gasteiger partial charge on any atom is -0.493 e. The van der Waals surface area contributed by atoms with E-state index in [4.69, 9.17) is 19.0 Å². The Bertz CT molecular complexity index is 1690. The van der Waals surface area contributed by atoms with E-state index in [1.807, 2.05) is 13.0 Å². The van der Waals surface area contributed by atoms with Gasteiger partial charge >= 0.3 is 12.5 Å². The van der Waals surface area contributed by atoms with Crippen LogP contribution in [0.4, 0.5) is 8.78 Å². The summed E-state index contributed by atoms with van der Waals surface area (Å²) in [4.78, 5) is 20.8. The number of rotatable bonds is 9. The largest absolute Gasteiger partial charge is 0.493 e. The van der Waals surface area contributed by atoms with Crippen molar-refractivity contribution in [3.05, 3.63) is 53.6 Å². The van der Waals surface area contributed by atoms with Gasteiger partial charge in [0, 0.05) is 40.5 Å². The van der Waals surface area contributed by atoms with E-state index in [0.717, 1.165) is 5.56 Å². The van der Waals surface area contributed by atoms with Gasteiger partial charge in [-0.2, -0.15) is 13.9 Å². The number of aryl methyl sites for hydroxylation is 3. The van der Waals surface area contributed by atoms with E-state index in [2.05, 4.69) is 15.2 Å². The van der Waals surface area contributed by atoms with Crippen LogP contribution in [0.2, 0.25) is 0 Å². The molecule has 0 amide bonds. The molecule has 40 heavy (non-hydrogen) atoms. The van der Waals surface area contributed by atoms with Gasteiger partial charge in [-0.25, -0.2) is 19.4 Å². The number of hydrogen-bond donors (Lipinski definition) is 1. The third-order valence-corrected chi connectivity index (χ3v) is 6.33. The van der Waals surface area contributed by atoms with E-state index < -0.39 is 12.5 Å². The van der Waals surface area contributed by atoms with E-state index in [0.29, 0.717) is 55.2 Å². The highest BCUT2D eigenvalue weighted by Crippen LogP contribution is 2.44. The van der Waals surface area contributed by atoms with Crippen molar-refractivity contribution in [1.82, 2.24) is 29.5 Å². The molecule has 5 rings (SSSR count). The van der Waals surface area contributed by atoms with Crippen molar-refractivity contribution in [2.24, 2.45) is 0 Å². The second kappa shape index (κ2) is 10.4. The summed E-state index contributed by atoms with van der Waals surface area (Å²) in [7, 11) is 0. The Morgan fingerprint density at radius 3 is 2.42 bits per heavy atom. The van der Waals surface area contributed by atoms with E-state index in [9.17, 15) is 18.7 Å². The molecule has 5 aromatic rings. The van der Waals surface area contributed by atoms with Crippen LogP contribution in [0.25, 0.3) is 39.0 Å². The molecule has 0 aromatic carbocycles. The van der Waals surface area contributed by atoms with E-state index in [1.54, 1.807) is 44.7 Å². The fourth-order valence-electron chi connectivity index (χ4n) is 4.70. The molecule has 0 bridgehead atoms. The number of nitrogens with zero attached hydrogens (tertiary/aromatic N) is 6. The first-order valence-electron chi connectivity index (χ1n) is 12.5. The quantitative estimate of drug-likeness (QED) is 0.243. The fraction of sp³-hybridized carbons (Fsp3) is 0.296. The van der Waals surface area contributed by atoms with Gasteiger partial charge in [0.2, 0.25) is 5.88 Å². The van der Waals surface area contributed by atoms with Gasteiger partial charge in [-0.1, -0.05) is 5.16 Å². The standard InChI is InChI=1S/C27H26F2N6O5/c1-6-38-21-9-19(26(36)37)31-25(39-7-2)23(21)18-11-34(20-12-35(27(28)29)32-13(20)3)24-17(18)8-16(10-30-24)22-14(4)33-40-15(22)5/h8-12,27H,6-7H2,1-5H3,(H,36,37). The molecule has 0 fully saturated rings. The van der Waals surface area contributed by atoms with Gasteiger partial charge in [0.1, 0.15) is 17.2 Å². The van der Waals surface area contributed by atoms with Crippen molar-refractivity contribution >= 4 is 17.0 Å². The third kappa shape index (κ3) is 4.52. The van der Waals surface area contributed by atoms with Crippen LogP contribution in [0.15, 0.2) is 35.2 Å². The summed E-state index contributed by atoms with van der Waals surface area (Å²) in [6.45, 7) is 6.38. The monoisotopic (exact) mass is 552 g/mol. The van der Waals surface area contributed by atoms with Gasteiger partial charge in [-0.15, -0.1) is 0 Å². The zero-order valence-electron chi connectivity index (χ0n) is 22.4. The van der Waals surface area contributed by atoms with E-state index >= 15 is 0 Å². The summed E-state index contributed by atoms with van der Waals surface area (Å²) >= 11 is 0. The zero-order valence-corrected chi connectivity index (χ0v) is 22.4. The number of fused-ring (bicyclic) bond motifs is 1. The Labute approximate surface area is 227 Å². The number of ether oxygens (including phenoxy) is 2. The molecule has 13 heteroatoms. The summed E-state index contributed by atoms with van der Waals surface area (Å²) in [6.07, 6.45) is 4.60. The lowest BCUT2D eigenvalue weighted by atomic mass is 10.0. The Hall–Kier alpha value is -4.81. The van der Waals surface area contributed by atoms with Crippen LogP contribution in [0.3, 0.4) is 0 Å². The average Bonchev–Trinajstić information content (AvgIpc) is 3.58. The molecule has 0 atom stereocenters. The normalized spacial score (nSPS) is 11.5. The van der Waals surface area contributed by atoms with Crippen LogP contribution in [0.1, 0.15) is 48.0 Å². The molecule has 0 unspecified atom stereocenters. The molecule has 0 aliphatic carbocycles. The summed E-state index contributed by atoms with van der Waals surface area (Å²) in [5.74, 6) is -0.354.